The zero-order chi connectivity index (χ0) is 21.6. The third kappa shape index (κ3) is 9.18. The van der Waals surface area contributed by atoms with E-state index in [1.807, 2.05) is 0 Å². The number of nitrogens with one attached hydrogen (secondary N) is 1. The molecule has 1 N–H and O–H groups in total. The Morgan fingerprint density at radius 1 is 1.21 bits per heavy atom. The molecule has 0 radical (unpaired) electrons. The van der Waals surface area contributed by atoms with Crippen molar-refractivity contribution in [2.24, 2.45) is 0 Å². The van der Waals surface area contributed by atoms with E-state index in [4.69, 9.17) is 0 Å². The zero-order valence-corrected chi connectivity index (χ0v) is 18.1. The quantitative estimate of drug-likeness (QED) is 0.592. The Morgan fingerprint density at radius 2 is 1.86 bits per heavy atom. The van der Waals surface area contributed by atoms with Gasteiger partial charge in [-0.25, -0.2) is 8.42 Å². The predicted octanol–water partition coefficient (Wildman–Crippen LogP) is 3.90. The molecule has 0 saturated carbocycles. The van der Waals surface area contributed by atoms with E-state index in [-0.39, 0.29) is 35.7 Å². The van der Waals surface area contributed by atoms with Crippen LogP contribution < -0.4 is 9.62 Å². The minimum Gasteiger partial charge on any atom is -0.355 e. The molecule has 0 spiro atoms. The molecule has 0 aromatic heterocycles. The van der Waals surface area contributed by atoms with Crippen molar-refractivity contribution < 1.29 is 26.4 Å². The molecule has 0 aliphatic carbocycles. The monoisotopic (exact) mass is 440 g/mol. The van der Waals surface area contributed by atoms with E-state index < -0.39 is 21.8 Å². The number of rotatable bonds is 9. The van der Waals surface area contributed by atoms with Crippen molar-refractivity contribution in [2.45, 2.75) is 44.5 Å². The average Bonchev–Trinajstić information content (AvgIpc) is 2.53. The Kier molecular flexibility index (Phi) is 8.67. The molecule has 0 unspecified atom stereocenters. The van der Waals surface area contributed by atoms with Gasteiger partial charge in [0.25, 0.3) is 0 Å². The van der Waals surface area contributed by atoms with Crippen molar-refractivity contribution in [3.8, 4) is 0 Å². The van der Waals surface area contributed by atoms with Gasteiger partial charge in [0.15, 0.2) is 0 Å². The number of thioether (sulfide) groups is 1. The van der Waals surface area contributed by atoms with Gasteiger partial charge in [0.2, 0.25) is 15.9 Å². The number of nitrogens with zero attached hydrogens (tertiary/aromatic N) is 1. The molecule has 1 rings (SSSR count). The smallest absolute Gasteiger partial charge is 0.355 e. The molecular formula is C18H27F3N2O3S2. The summed E-state index contributed by atoms with van der Waals surface area (Å²) in [6.07, 6.45) is -3.35. The van der Waals surface area contributed by atoms with Gasteiger partial charge in [-0.3, -0.25) is 9.10 Å². The van der Waals surface area contributed by atoms with Crippen LogP contribution in [0.3, 0.4) is 0 Å². The van der Waals surface area contributed by atoms with Gasteiger partial charge in [-0.2, -0.15) is 24.9 Å². The fraction of sp³-hybridized carbons (Fsp3) is 0.611. The maximum absolute atomic E-state index is 12.9. The van der Waals surface area contributed by atoms with Crippen LogP contribution in [-0.4, -0.2) is 44.2 Å². The van der Waals surface area contributed by atoms with Crippen molar-refractivity contribution in [3.63, 3.8) is 0 Å². The predicted molar refractivity (Wildman–Crippen MR) is 108 cm³/mol. The number of hydrogen-bond donors (Lipinski definition) is 1. The molecule has 5 nitrogen and oxygen atoms in total. The normalized spacial score (nSPS) is 12.7. The maximum Gasteiger partial charge on any atom is 0.416 e. The lowest BCUT2D eigenvalue weighted by atomic mass is 10.2. The number of anilines is 1. The molecular weight excluding hydrogens is 413 g/mol. The topological polar surface area (TPSA) is 66.5 Å². The molecule has 160 valence electrons. The highest BCUT2D eigenvalue weighted by Gasteiger charge is 2.31. The second-order valence-electron chi connectivity index (χ2n) is 7.30. The standard InChI is InChI=1S/C18H27F3N2O3S2/c1-17(2,3)27-12-10-22-16(24)9-6-11-23(28(4,25)26)15-8-5-7-14(13-15)18(19,20)21/h5,7-8,13H,6,9-12H2,1-4H3,(H,22,24). The van der Waals surface area contributed by atoms with Crippen LogP contribution in [0.2, 0.25) is 0 Å². The Balaban J connectivity index is 2.64. The van der Waals surface area contributed by atoms with Crippen LogP contribution in [0.25, 0.3) is 0 Å². The largest absolute Gasteiger partial charge is 0.416 e. The first-order valence-corrected chi connectivity index (χ1v) is 11.6. The van der Waals surface area contributed by atoms with Gasteiger partial charge in [-0.15, -0.1) is 0 Å². The van der Waals surface area contributed by atoms with E-state index in [9.17, 15) is 26.4 Å². The minimum absolute atomic E-state index is 0.0701. The Morgan fingerprint density at radius 3 is 2.39 bits per heavy atom. The first-order valence-electron chi connectivity index (χ1n) is 8.76. The van der Waals surface area contributed by atoms with E-state index in [0.29, 0.717) is 6.54 Å². The van der Waals surface area contributed by atoms with Crippen LogP contribution in [0.5, 0.6) is 0 Å². The summed E-state index contributed by atoms with van der Waals surface area (Å²) in [6.45, 7) is 6.65. The molecule has 0 atom stereocenters. The van der Waals surface area contributed by atoms with Crippen molar-refractivity contribution in [1.82, 2.24) is 5.32 Å². The molecule has 10 heteroatoms. The molecule has 0 heterocycles. The highest BCUT2D eigenvalue weighted by atomic mass is 32.2. The SMILES string of the molecule is CC(C)(C)SCCNC(=O)CCCN(c1cccc(C(F)(F)F)c1)S(C)(=O)=O. The van der Waals surface area contributed by atoms with Crippen molar-refractivity contribution >= 4 is 33.4 Å². The van der Waals surface area contributed by atoms with Gasteiger partial charge < -0.3 is 5.32 Å². The Hall–Kier alpha value is -1.42. The van der Waals surface area contributed by atoms with Gasteiger partial charge in [0.1, 0.15) is 0 Å². The van der Waals surface area contributed by atoms with E-state index >= 15 is 0 Å². The number of sulfonamides is 1. The number of carbonyl (C=O) groups excluding carboxylic acids is 1. The summed E-state index contributed by atoms with van der Waals surface area (Å²) in [5, 5.41) is 2.76. The Bertz CT molecular complexity index is 760. The van der Waals surface area contributed by atoms with Gasteiger partial charge in [0, 0.05) is 30.0 Å². The molecule has 0 aliphatic heterocycles. The lowest BCUT2D eigenvalue weighted by molar-refractivity contribution is -0.137. The summed E-state index contributed by atoms with van der Waals surface area (Å²) in [6, 6.07) is 4.15. The van der Waals surface area contributed by atoms with Crippen molar-refractivity contribution in [3.05, 3.63) is 29.8 Å². The van der Waals surface area contributed by atoms with E-state index in [1.165, 1.54) is 6.07 Å². The molecule has 1 amide bonds. The summed E-state index contributed by atoms with van der Waals surface area (Å²) in [5.41, 5.74) is -0.993. The first kappa shape index (κ1) is 24.6. The summed E-state index contributed by atoms with van der Waals surface area (Å²) < 4.78 is 63.7. The summed E-state index contributed by atoms with van der Waals surface area (Å²) in [5.74, 6) is 0.543. The number of hydrogen-bond acceptors (Lipinski definition) is 4. The van der Waals surface area contributed by atoms with E-state index in [0.717, 1.165) is 34.5 Å². The average molecular weight is 441 g/mol. The summed E-state index contributed by atoms with van der Waals surface area (Å²) >= 11 is 1.71. The maximum atomic E-state index is 12.9. The first-order chi connectivity index (χ1) is 12.7. The van der Waals surface area contributed by atoms with Crippen LogP contribution in [0.4, 0.5) is 18.9 Å². The molecule has 1 aromatic carbocycles. The number of halogens is 3. The van der Waals surface area contributed by atoms with Crippen LogP contribution in [0, 0.1) is 0 Å². The van der Waals surface area contributed by atoms with Crippen molar-refractivity contribution in [1.29, 1.82) is 0 Å². The molecule has 0 saturated heterocycles. The Labute approximate surface area is 169 Å². The molecule has 0 fully saturated rings. The van der Waals surface area contributed by atoms with E-state index in [1.54, 1.807) is 11.8 Å². The van der Waals surface area contributed by atoms with Gasteiger partial charge in [-0.1, -0.05) is 26.8 Å². The van der Waals surface area contributed by atoms with Crippen LogP contribution in [0.1, 0.15) is 39.2 Å². The molecule has 28 heavy (non-hydrogen) atoms. The van der Waals surface area contributed by atoms with Gasteiger partial charge in [0.05, 0.1) is 17.5 Å². The lowest BCUT2D eigenvalue weighted by Crippen LogP contribution is -2.32. The minimum atomic E-state index is -4.57. The van der Waals surface area contributed by atoms with Crippen LogP contribution in [-0.2, 0) is 21.0 Å². The molecule has 1 aromatic rings. The number of benzene rings is 1. The third-order valence-corrected chi connectivity index (χ3v) is 6.05. The summed E-state index contributed by atoms with van der Waals surface area (Å²) in [7, 11) is -3.78. The second-order valence-corrected chi connectivity index (χ2v) is 11.1. The number of amides is 1. The fourth-order valence-electron chi connectivity index (χ4n) is 2.34. The van der Waals surface area contributed by atoms with Gasteiger partial charge in [-0.05, 0) is 24.6 Å². The van der Waals surface area contributed by atoms with Gasteiger partial charge >= 0.3 is 6.18 Å². The summed E-state index contributed by atoms with van der Waals surface area (Å²) in [4.78, 5) is 11.9. The lowest BCUT2D eigenvalue weighted by Gasteiger charge is -2.23. The number of carbonyl (C=O) groups is 1. The highest BCUT2D eigenvalue weighted by Crippen LogP contribution is 2.32. The van der Waals surface area contributed by atoms with E-state index in [2.05, 4.69) is 26.1 Å². The highest BCUT2D eigenvalue weighted by molar-refractivity contribution is 8.00. The second kappa shape index (κ2) is 9.87. The van der Waals surface area contributed by atoms with Crippen LogP contribution >= 0.6 is 11.8 Å². The van der Waals surface area contributed by atoms with Crippen LogP contribution in [0.15, 0.2) is 24.3 Å². The number of alkyl halides is 3. The molecule has 0 aliphatic rings. The third-order valence-electron chi connectivity index (χ3n) is 3.59. The molecule has 0 bridgehead atoms. The fourth-order valence-corrected chi connectivity index (χ4v) is 4.12. The zero-order valence-electron chi connectivity index (χ0n) is 16.5. The van der Waals surface area contributed by atoms with Crippen molar-refractivity contribution in [2.75, 3.05) is 29.4 Å².